The number of aromatic nitrogens is 4. The van der Waals surface area contributed by atoms with Crippen molar-refractivity contribution in [1.29, 1.82) is 0 Å². The molecular weight excluding hydrogens is 1340 g/mol. The molecule has 0 aliphatic carbocycles. The summed E-state index contributed by atoms with van der Waals surface area (Å²) in [7, 11) is 0. The Balaban J connectivity index is 1.12. The highest BCUT2D eigenvalue weighted by Gasteiger charge is 2.43. The van der Waals surface area contributed by atoms with E-state index in [9.17, 15) is 30.2 Å². The molecule has 17 aromatic carbocycles. The Hall–Kier alpha value is -14.0. The smallest absolute Gasteiger partial charge is 0.252 e. The van der Waals surface area contributed by atoms with Gasteiger partial charge in [-0.1, -0.05) is 324 Å². The SMILES string of the molecule is [2H]c1c2c3c(c([2H])c1C(C)(C)C)-n1c4c(-c5ccccc5)cc(-c5ccccc5)cc4c4ccccc4c4ccccc4c4c(-n5c6c([2H])c([2H])c([2H])c([2H])c6c6c([2H])c([2H])c([2H])c([2H])c65)c([2H])c([2H])c(c41)B3c1c([2H])c([2H])c(-n3c4c([2H])c([2H])c([2H])c([2H])c4c4c([2H])c([2H])c([2H])c([2H])c43)c3c4ccccc4c4ccccc4c4cc(-c5ccccc5)cc(-c5ccccc5)c4n-2c13. The van der Waals surface area contributed by atoms with Crippen LogP contribution in [0.4, 0.5) is 0 Å². The second-order valence-corrected chi connectivity index (χ2v) is 29.6. The van der Waals surface area contributed by atoms with Crippen molar-refractivity contribution in [1.82, 2.24) is 18.3 Å². The molecule has 0 bridgehead atoms. The average molecular weight is 1430 g/mol. The predicted octanol–water partition coefficient (Wildman–Crippen LogP) is 26.0. The normalized spacial score (nSPS) is 15.2. The predicted molar refractivity (Wildman–Crippen MR) is 474 cm³/mol. The molecule has 5 heteroatoms. The molecule has 518 valence electrons. The third kappa shape index (κ3) is 9.30. The Bertz CT molecular complexity index is 8470. The minimum atomic E-state index is -1.77. The summed E-state index contributed by atoms with van der Waals surface area (Å²) in [6.45, 7) is 3.97. The molecule has 0 unspecified atom stereocenters. The zero-order chi connectivity index (χ0) is 92.5. The Morgan fingerprint density at radius 1 is 0.252 bits per heavy atom. The summed E-state index contributed by atoms with van der Waals surface area (Å²) in [6, 6.07) is 63.3. The number of rotatable bonds is 6. The summed E-state index contributed by atoms with van der Waals surface area (Å²) in [5, 5.41) is 3.92. The van der Waals surface area contributed by atoms with Crippen molar-refractivity contribution in [2.75, 3.05) is 0 Å². The third-order valence-corrected chi connectivity index (χ3v) is 22.6. The van der Waals surface area contributed by atoms with E-state index in [2.05, 4.69) is 24.3 Å². The molecule has 4 aromatic heterocycles. The topological polar surface area (TPSA) is 19.7 Å². The largest absolute Gasteiger partial charge is 0.309 e. The number of hydrogen-bond acceptors (Lipinski definition) is 0. The van der Waals surface area contributed by atoms with Crippen molar-refractivity contribution < 1.29 is 30.2 Å². The van der Waals surface area contributed by atoms with Gasteiger partial charge >= 0.3 is 0 Å². The first-order valence-electron chi connectivity index (χ1n) is 48.1. The molecule has 2 aliphatic heterocycles. The molecule has 2 aliphatic rings. The lowest BCUT2D eigenvalue weighted by molar-refractivity contribution is 0.589. The van der Waals surface area contributed by atoms with Gasteiger partial charge in [-0.05, 0) is 176 Å². The number of benzene rings is 17. The number of hydrogen-bond donors (Lipinski definition) is 0. The second-order valence-electron chi connectivity index (χ2n) is 29.6. The van der Waals surface area contributed by atoms with E-state index in [1.165, 1.54) is 9.13 Å². The number of nitrogens with zero attached hydrogens (tertiary/aromatic N) is 4. The molecular formula is C106H71BN4. The standard InChI is InChI=1S/C106H71BN4/c1-106(2,3)72-64-97-101-98(65-72)111-103-86(69-38-14-7-15-39-69)61-71(67-34-10-5-11-35-67)63-88(103)78-45-19-17-41-74(78)76-43-21-23-51-84(76)100-96(109-93-54-30-26-48-81(93)82-49-27-31-55-94(82)109)59-57-90(105(100)111)107(101)89-56-58-95(108-91-52-28-24-46-79(91)80-47-25-29-53-92(80)108)99-83-50-22-20-42-75(83)73-40-16-18-44-77(73)87-62-70(66-32-8-4-9-33-66)60-85(68-36-12-6-13-37-68)102(87)110(97)104(89)99/h4-65H,1-3H3/i24D,25D,26D,27D,28D,29D,30D,31D,46D,47D,48D,49D,52D,53D,54D,55D,56D,57D,58D,59D,64D,65D. The van der Waals surface area contributed by atoms with Gasteiger partial charge in [-0.2, -0.15) is 0 Å². The Kier molecular flexibility index (Phi) is 9.83. The molecule has 0 spiro atoms. The van der Waals surface area contributed by atoms with Gasteiger partial charge in [0.15, 0.2) is 0 Å². The first kappa shape index (κ1) is 45.0. The van der Waals surface area contributed by atoms with Gasteiger partial charge in [-0.25, -0.2) is 0 Å². The van der Waals surface area contributed by atoms with Crippen LogP contribution < -0.4 is 16.4 Å². The zero-order valence-corrected chi connectivity index (χ0v) is 60.0. The fourth-order valence-corrected chi connectivity index (χ4v) is 17.8. The van der Waals surface area contributed by atoms with Crippen LogP contribution in [0.25, 0.3) is 198 Å². The molecule has 0 saturated carbocycles. The van der Waals surface area contributed by atoms with E-state index in [0.717, 1.165) is 22.3 Å². The maximum absolute atomic E-state index is 12.1. The molecule has 111 heavy (non-hydrogen) atoms. The van der Waals surface area contributed by atoms with Crippen LogP contribution in [0.2, 0.25) is 0 Å². The van der Waals surface area contributed by atoms with Gasteiger partial charge in [0.05, 0.1) is 85.7 Å². The molecule has 0 fully saturated rings. The Morgan fingerprint density at radius 3 is 0.892 bits per heavy atom. The van der Waals surface area contributed by atoms with Crippen LogP contribution in [0, 0.1) is 0 Å². The highest BCUT2D eigenvalue weighted by molar-refractivity contribution is 7.00. The molecule has 21 aromatic rings. The summed E-state index contributed by atoms with van der Waals surface area (Å²) in [5.74, 6) is 0. The van der Waals surface area contributed by atoms with E-state index in [4.69, 9.17) is 0 Å². The lowest BCUT2D eigenvalue weighted by Gasteiger charge is -2.38. The van der Waals surface area contributed by atoms with E-state index in [1.807, 2.05) is 236 Å². The van der Waals surface area contributed by atoms with Gasteiger partial charge in [0.2, 0.25) is 0 Å². The van der Waals surface area contributed by atoms with E-state index >= 15 is 0 Å². The van der Waals surface area contributed by atoms with Crippen molar-refractivity contribution in [3.8, 4) is 67.3 Å². The molecule has 0 saturated heterocycles. The van der Waals surface area contributed by atoms with Crippen LogP contribution in [-0.4, -0.2) is 25.0 Å². The van der Waals surface area contributed by atoms with Crippen molar-refractivity contribution in [3.05, 3.63) is 381 Å². The van der Waals surface area contributed by atoms with Gasteiger partial charge in [-0.15, -0.1) is 0 Å². The molecule has 0 N–H and O–H groups in total. The van der Waals surface area contributed by atoms with Crippen molar-refractivity contribution in [3.63, 3.8) is 0 Å². The lowest BCUT2D eigenvalue weighted by Crippen LogP contribution is -2.60. The van der Waals surface area contributed by atoms with Crippen LogP contribution in [0.1, 0.15) is 56.5 Å². The van der Waals surface area contributed by atoms with Gasteiger partial charge in [0, 0.05) is 65.6 Å². The van der Waals surface area contributed by atoms with Crippen LogP contribution in [-0.2, 0) is 5.41 Å². The summed E-state index contributed by atoms with van der Waals surface area (Å²) >= 11 is 0. The molecule has 0 radical (unpaired) electrons. The summed E-state index contributed by atoms with van der Waals surface area (Å²) in [6.07, 6.45) is 0. The molecule has 0 amide bonds. The quantitative estimate of drug-likeness (QED) is 0.148. The van der Waals surface area contributed by atoms with Gasteiger partial charge < -0.3 is 18.3 Å². The van der Waals surface area contributed by atoms with Crippen LogP contribution in [0.5, 0.6) is 0 Å². The minimum Gasteiger partial charge on any atom is -0.309 e. The Morgan fingerprint density at radius 2 is 0.550 bits per heavy atom. The maximum atomic E-state index is 12.1. The second kappa shape index (κ2) is 24.3. The lowest BCUT2D eigenvalue weighted by atomic mass is 9.34. The first-order chi connectivity index (χ1) is 64.0. The highest BCUT2D eigenvalue weighted by atomic mass is 15.1. The zero-order valence-electron chi connectivity index (χ0n) is 82.0. The van der Waals surface area contributed by atoms with E-state index in [-0.39, 0.29) is 122 Å². The van der Waals surface area contributed by atoms with Gasteiger partial charge in [0.25, 0.3) is 6.71 Å². The first-order valence-corrected chi connectivity index (χ1v) is 37.1. The van der Waals surface area contributed by atoms with Gasteiger partial charge in [-0.3, -0.25) is 0 Å². The van der Waals surface area contributed by atoms with E-state index in [0.29, 0.717) is 87.1 Å². The van der Waals surface area contributed by atoms with Gasteiger partial charge in [0.1, 0.15) is 0 Å². The monoisotopic (exact) mass is 1430 g/mol. The molecule has 0 atom stereocenters. The molecule has 4 nitrogen and oxygen atoms in total. The maximum Gasteiger partial charge on any atom is 0.252 e. The molecule has 23 rings (SSSR count). The summed E-state index contributed by atoms with van der Waals surface area (Å²) in [5.41, 5.74) is 3.13. The van der Waals surface area contributed by atoms with E-state index in [1.54, 1.807) is 12.1 Å². The summed E-state index contributed by atoms with van der Waals surface area (Å²) < 4.78 is 236. The Labute approximate surface area is 673 Å². The van der Waals surface area contributed by atoms with Crippen LogP contribution in [0.15, 0.2) is 376 Å². The minimum absolute atomic E-state index is 0.0220. The number of para-hydroxylation sites is 4. The fourth-order valence-electron chi connectivity index (χ4n) is 17.8. The van der Waals surface area contributed by atoms with Crippen LogP contribution >= 0.6 is 0 Å². The number of fused-ring (bicyclic) bond motifs is 24. The molecule has 6 heterocycles. The highest BCUT2D eigenvalue weighted by Crippen LogP contribution is 2.49. The third-order valence-electron chi connectivity index (χ3n) is 22.6. The van der Waals surface area contributed by atoms with E-state index < -0.39 is 133 Å². The average Bonchev–Trinajstić information content (AvgIpc) is 1.60. The summed E-state index contributed by atoms with van der Waals surface area (Å²) in [4.78, 5) is 0. The van der Waals surface area contributed by atoms with Crippen molar-refractivity contribution >= 4 is 153 Å². The van der Waals surface area contributed by atoms with Crippen molar-refractivity contribution in [2.24, 2.45) is 0 Å². The van der Waals surface area contributed by atoms with Crippen molar-refractivity contribution in [2.45, 2.75) is 26.2 Å². The van der Waals surface area contributed by atoms with Crippen LogP contribution in [0.3, 0.4) is 0 Å². The fraction of sp³-hybridized carbons (Fsp3) is 0.0377.